The van der Waals surface area contributed by atoms with Crippen molar-refractivity contribution in [3.63, 3.8) is 0 Å². The van der Waals surface area contributed by atoms with Gasteiger partial charge in [-0.3, -0.25) is 4.99 Å². The van der Waals surface area contributed by atoms with E-state index in [2.05, 4.69) is 23.2 Å². The average molecular weight is 189 g/mol. The Morgan fingerprint density at radius 3 is 3.07 bits per heavy atom. The SMILES string of the molecule is C1=CC(/C2=C/C=N\CCCC2)CCC1. The van der Waals surface area contributed by atoms with Crippen LogP contribution in [0.15, 0.2) is 28.8 Å². The lowest BCUT2D eigenvalue weighted by atomic mass is 9.86. The van der Waals surface area contributed by atoms with Crippen molar-refractivity contribution >= 4 is 6.21 Å². The molecule has 0 bridgehead atoms. The summed E-state index contributed by atoms with van der Waals surface area (Å²) in [5, 5.41) is 0. The van der Waals surface area contributed by atoms with Crippen molar-refractivity contribution in [2.45, 2.75) is 38.5 Å². The third kappa shape index (κ3) is 2.57. The number of hydrogen-bond acceptors (Lipinski definition) is 1. The highest BCUT2D eigenvalue weighted by atomic mass is 14.7. The van der Waals surface area contributed by atoms with Crippen LogP contribution in [-0.4, -0.2) is 12.8 Å². The summed E-state index contributed by atoms with van der Waals surface area (Å²) in [6.07, 6.45) is 16.8. The second-order valence-electron chi connectivity index (χ2n) is 4.22. The van der Waals surface area contributed by atoms with Crippen molar-refractivity contribution in [3.8, 4) is 0 Å². The number of nitrogens with zero attached hydrogens (tertiary/aromatic N) is 1. The Balaban J connectivity index is 2.05. The second kappa shape index (κ2) is 5.14. The summed E-state index contributed by atoms with van der Waals surface area (Å²) in [6.45, 7) is 1.02. The first-order valence-electron chi connectivity index (χ1n) is 5.82. The van der Waals surface area contributed by atoms with E-state index in [1.165, 1.54) is 38.5 Å². The third-order valence-electron chi connectivity index (χ3n) is 3.13. The Morgan fingerprint density at radius 2 is 2.21 bits per heavy atom. The van der Waals surface area contributed by atoms with Crippen molar-refractivity contribution in [2.24, 2.45) is 10.9 Å². The average Bonchev–Trinajstić information content (AvgIpc) is 2.18. The molecule has 0 aromatic heterocycles. The highest BCUT2D eigenvalue weighted by Crippen LogP contribution is 2.27. The van der Waals surface area contributed by atoms with Gasteiger partial charge in [-0.05, 0) is 50.5 Å². The van der Waals surface area contributed by atoms with E-state index in [4.69, 9.17) is 0 Å². The van der Waals surface area contributed by atoms with Gasteiger partial charge in [0.05, 0.1) is 0 Å². The maximum Gasteiger partial charge on any atom is 0.0389 e. The number of hydrogen-bond donors (Lipinski definition) is 0. The standard InChI is InChI=1S/C13H19N/c1-2-6-12(7-3-1)13-8-4-5-10-14-11-9-13/h2,6,9,11-12H,1,3-5,7-8,10H2/b13-9+,14-11-. The van der Waals surface area contributed by atoms with Gasteiger partial charge in [0.15, 0.2) is 0 Å². The van der Waals surface area contributed by atoms with Gasteiger partial charge in [0.2, 0.25) is 0 Å². The van der Waals surface area contributed by atoms with Crippen molar-refractivity contribution in [1.82, 2.24) is 0 Å². The summed E-state index contributed by atoms with van der Waals surface area (Å²) in [5.74, 6) is 0.716. The minimum atomic E-state index is 0.716. The summed E-state index contributed by atoms with van der Waals surface area (Å²) in [7, 11) is 0. The Morgan fingerprint density at radius 1 is 1.21 bits per heavy atom. The first-order valence-corrected chi connectivity index (χ1v) is 5.82. The molecule has 1 heterocycles. The number of aliphatic imine (C=N–C) groups is 1. The maximum atomic E-state index is 4.35. The molecule has 0 amide bonds. The largest absolute Gasteiger partial charge is 0.293 e. The monoisotopic (exact) mass is 189 g/mol. The van der Waals surface area contributed by atoms with Crippen LogP contribution in [0, 0.1) is 5.92 Å². The van der Waals surface area contributed by atoms with Crippen LogP contribution >= 0.6 is 0 Å². The van der Waals surface area contributed by atoms with Crippen molar-refractivity contribution in [2.75, 3.05) is 6.54 Å². The van der Waals surface area contributed by atoms with Gasteiger partial charge in [0.1, 0.15) is 0 Å². The maximum absolute atomic E-state index is 4.35. The highest BCUT2D eigenvalue weighted by Gasteiger charge is 2.13. The normalized spacial score (nSPS) is 34.0. The minimum absolute atomic E-state index is 0.716. The molecule has 1 unspecified atom stereocenters. The number of allylic oxidation sites excluding steroid dienone is 4. The van der Waals surface area contributed by atoms with Crippen LogP contribution in [0.2, 0.25) is 0 Å². The highest BCUT2D eigenvalue weighted by molar-refractivity contribution is 5.72. The van der Waals surface area contributed by atoms with Crippen LogP contribution in [0.4, 0.5) is 0 Å². The molecule has 1 heteroatoms. The molecule has 0 N–H and O–H groups in total. The van der Waals surface area contributed by atoms with Gasteiger partial charge in [-0.2, -0.15) is 0 Å². The molecule has 1 aliphatic heterocycles. The summed E-state index contributed by atoms with van der Waals surface area (Å²) < 4.78 is 0. The number of rotatable bonds is 1. The van der Waals surface area contributed by atoms with Gasteiger partial charge in [0.25, 0.3) is 0 Å². The van der Waals surface area contributed by atoms with Gasteiger partial charge in [-0.15, -0.1) is 0 Å². The smallest absolute Gasteiger partial charge is 0.0389 e. The van der Waals surface area contributed by atoms with Crippen molar-refractivity contribution in [1.29, 1.82) is 0 Å². The molecule has 1 nitrogen and oxygen atoms in total. The van der Waals surface area contributed by atoms with Crippen LogP contribution < -0.4 is 0 Å². The lowest BCUT2D eigenvalue weighted by Gasteiger charge is -2.20. The molecule has 0 radical (unpaired) electrons. The van der Waals surface area contributed by atoms with E-state index < -0.39 is 0 Å². The van der Waals surface area contributed by atoms with Gasteiger partial charge < -0.3 is 0 Å². The fraction of sp³-hybridized carbons (Fsp3) is 0.615. The zero-order valence-corrected chi connectivity index (χ0v) is 8.78. The molecule has 2 rings (SSSR count). The molecular weight excluding hydrogens is 170 g/mol. The van der Waals surface area contributed by atoms with E-state index in [9.17, 15) is 0 Å². The van der Waals surface area contributed by atoms with E-state index >= 15 is 0 Å². The molecule has 76 valence electrons. The molecular formula is C13H19N. The van der Waals surface area contributed by atoms with E-state index in [0.29, 0.717) is 5.92 Å². The topological polar surface area (TPSA) is 12.4 Å². The van der Waals surface area contributed by atoms with Crippen molar-refractivity contribution < 1.29 is 0 Å². The molecule has 0 saturated heterocycles. The van der Waals surface area contributed by atoms with Crippen LogP contribution in [0.1, 0.15) is 38.5 Å². The molecule has 0 fully saturated rings. The van der Waals surface area contributed by atoms with Gasteiger partial charge in [-0.1, -0.05) is 17.7 Å². The van der Waals surface area contributed by atoms with Crippen LogP contribution in [0.5, 0.6) is 0 Å². The van der Waals surface area contributed by atoms with Crippen molar-refractivity contribution in [3.05, 3.63) is 23.8 Å². The van der Waals surface area contributed by atoms with Gasteiger partial charge in [-0.25, -0.2) is 0 Å². The first kappa shape index (κ1) is 9.70. The summed E-state index contributed by atoms with van der Waals surface area (Å²) in [6, 6.07) is 0. The lowest BCUT2D eigenvalue weighted by Crippen LogP contribution is -2.06. The fourth-order valence-corrected chi connectivity index (χ4v) is 2.27. The van der Waals surface area contributed by atoms with Crippen LogP contribution in [-0.2, 0) is 0 Å². The second-order valence-corrected chi connectivity index (χ2v) is 4.22. The Bertz CT molecular complexity index is 260. The molecule has 14 heavy (non-hydrogen) atoms. The molecule has 0 spiro atoms. The molecule has 1 atom stereocenters. The zero-order valence-electron chi connectivity index (χ0n) is 8.78. The summed E-state index contributed by atoms with van der Waals surface area (Å²) in [5.41, 5.74) is 1.60. The van der Waals surface area contributed by atoms with E-state index in [-0.39, 0.29) is 0 Å². The quantitative estimate of drug-likeness (QED) is 0.560. The van der Waals surface area contributed by atoms with E-state index in [0.717, 1.165) is 6.54 Å². The summed E-state index contributed by atoms with van der Waals surface area (Å²) in [4.78, 5) is 4.35. The van der Waals surface area contributed by atoms with E-state index in [1.807, 2.05) is 6.21 Å². The predicted octanol–water partition coefficient (Wildman–Crippen LogP) is 3.52. The van der Waals surface area contributed by atoms with Crippen LogP contribution in [0.25, 0.3) is 0 Å². The first-order chi connectivity index (χ1) is 6.97. The Hall–Kier alpha value is -0.850. The summed E-state index contributed by atoms with van der Waals surface area (Å²) >= 11 is 0. The molecule has 2 aliphatic rings. The van der Waals surface area contributed by atoms with Gasteiger partial charge >= 0.3 is 0 Å². The Labute approximate surface area is 86.6 Å². The minimum Gasteiger partial charge on any atom is -0.293 e. The van der Waals surface area contributed by atoms with Gasteiger partial charge in [0, 0.05) is 12.8 Å². The molecule has 0 aromatic rings. The lowest BCUT2D eigenvalue weighted by molar-refractivity contribution is 0.573. The Kier molecular flexibility index (Phi) is 3.56. The van der Waals surface area contributed by atoms with Crippen LogP contribution in [0.3, 0.4) is 0 Å². The molecule has 1 aliphatic carbocycles. The predicted molar refractivity (Wildman–Crippen MR) is 61.8 cm³/mol. The molecule has 0 aromatic carbocycles. The fourth-order valence-electron chi connectivity index (χ4n) is 2.27. The third-order valence-corrected chi connectivity index (χ3v) is 3.13. The van der Waals surface area contributed by atoms with E-state index in [1.54, 1.807) is 5.57 Å². The molecule has 0 saturated carbocycles. The zero-order chi connectivity index (χ0) is 9.64.